The molecule has 1 aromatic rings. The molecule has 0 saturated carbocycles. The van der Waals surface area contributed by atoms with Crippen molar-refractivity contribution in [3.05, 3.63) is 35.4 Å². The van der Waals surface area contributed by atoms with Gasteiger partial charge in [0.15, 0.2) is 0 Å². The zero-order valence-electron chi connectivity index (χ0n) is 11.3. The lowest BCUT2D eigenvalue weighted by atomic mass is 10.1. The number of hydrogen-bond acceptors (Lipinski definition) is 2. The summed E-state index contributed by atoms with van der Waals surface area (Å²) in [6.45, 7) is 7.49. The van der Waals surface area contributed by atoms with Gasteiger partial charge in [-0.1, -0.05) is 19.1 Å². The smallest absolute Gasteiger partial charge is 0.254 e. The number of amides is 1. The van der Waals surface area contributed by atoms with Gasteiger partial charge in [0.2, 0.25) is 0 Å². The third-order valence-corrected chi connectivity index (χ3v) is 3.32. The van der Waals surface area contributed by atoms with Crippen LogP contribution in [0.4, 0.5) is 0 Å². The van der Waals surface area contributed by atoms with Crippen molar-refractivity contribution in [2.75, 3.05) is 13.1 Å². The zero-order chi connectivity index (χ0) is 13.1. The summed E-state index contributed by atoms with van der Waals surface area (Å²) in [5, 5.41) is 0. The van der Waals surface area contributed by atoms with E-state index < -0.39 is 0 Å². The molecule has 1 aliphatic rings. The van der Waals surface area contributed by atoms with Crippen LogP contribution in [0.2, 0.25) is 0 Å². The summed E-state index contributed by atoms with van der Waals surface area (Å²) in [4.78, 5) is 14.2. The van der Waals surface area contributed by atoms with Crippen molar-refractivity contribution in [3.63, 3.8) is 0 Å². The quantitative estimate of drug-likeness (QED) is 0.803. The van der Waals surface area contributed by atoms with Crippen LogP contribution in [0.5, 0.6) is 0 Å². The first-order valence-electron chi connectivity index (χ1n) is 6.63. The fourth-order valence-electron chi connectivity index (χ4n) is 2.41. The third-order valence-electron chi connectivity index (χ3n) is 3.32. The molecule has 1 saturated heterocycles. The molecule has 1 aromatic carbocycles. The maximum atomic E-state index is 12.4. The Kier molecular flexibility index (Phi) is 4.02. The molecule has 1 heterocycles. The molecule has 18 heavy (non-hydrogen) atoms. The van der Waals surface area contributed by atoms with Crippen LogP contribution in [0.25, 0.3) is 0 Å². The van der Waals surface area contributed by atoms with Gasteiger partial charge in [-0.3, -0.25) is 4.79 Å². The predicted molar refractivity (Wildman–Crippen MR) is 71.7 cm³/mol. The molecule has 1 fully saturated rings. The van der Waals surface area contributed by atoms with Crippen molar-refractivity contribution in [1.29, 1.82) is 0 Å². The highest BCUT2D eigenvalue weighted by atomic mass is 16.5. The van der Waals surface area contributed by atoms with Crippen LogP contribution in [0.15, 0.2) is 24.3 Å². The van der Waals surface area contributed by atoms with Gasteiger partial charge in [0, 0.05) is 18.7 Å². The number of ether oxygens (including phenoxy) is 1. The van der Waals surface area contributed by atoms with Crippen molar-refractivity contribution in [3.8, 4) is 0 Å². The normalized spacial score (nSPS) is 24.1. The van der Waals surface area contributed by atoms with Crippen LogP contribution in [0.1, 0.15) is 36.7 Å². The van der Waals surface area contributed by atoms with Gasteiger partial charge in [0.05, 0.1) is 12.2 Å². The molecule has 0 unspecified atom stereocenters. The monoisotopic (exact) mass is 247 g/mol. The summed E-state index contributed by atoms with van der Waals surface area (Å²) in [6.07, 6.45) is 1.24. The van der Waals surface area contributed by atoms with E-state index in [2.05, 4.69) is 6.92 Å². The lowest BCUT2D eigenvalue weighted by Gasteiger charge is -2.35. The molecule has 98 valence electrons. The SMILES string of the molecule is CCc1ccc(C(=O)N2C[C@@H](C)O[C@@H](C)C2)cc1. The summed E-state index contributed by atoms with van der Waals surface area (Å²) in [7, 11) is 0. The molecule has 1 amide bonds. The summed E-state index contributed by atoms with van der Waals surface area (Å²) in [5.74, 6) is 0.111. The number of rotatable bonds is 2. The first kappa shape index (κ1) is 13.1. The molecule has 0 radical (unpaired) electrons. The lowest BCUT2D eigenvalue weighted by molar-refractivity contribution is -0.0586. The largest absolute Gasteiger partial charge is 0.372 e. The molecular weight excluding hydrogens is 226 g/mol. The van der Waals surface area contributed by atoms with Crippen LogP contribution in [-0.2, 0) is 11.2 Å². The standard InChI is InChI=1S/C15H21NO2/c1-4-13-5-7-14(8-6-13)15(17)16-9-11(2)18-12(3)10-16/h5-8,11-12H,4,9-10H2,1-3H3/t11-,12+. The molecule has 3 nitrogen and oxygen atoms in total. The second-order valence-corrected chi connectivity index (χ2v) is 5.02. The number of nitrogens with zero attached hydrogens (tertiary/aromatic N) is 1. The van der Waals surface area contributed by atoms with Gasteiger partial charge in [-0.05, 0) is 38.0 Å². The van der Waals surface area contributed by atoms with Gasteiger partial charge in [0.1, 0.15) is 0 Å². The van der Waals surface area contributed by atoms with Gasteiger partial charge in [-0.25, -0.2) is 0 Å². The average molecular weight is 247 g/mol. The topological polar surface area (TPSA) is 29.5 Å². The molecule has 0 spiro atoms. The summed E-state index contributed by atoms with van der Waals surface area (Å²) in [5.41, 5.74) is 2.03. The van der Waals surface area contributed by atoms with E-state index in [1.54, 1.807) is 0 Å². The van der Waals surface area contributed by atoms with E-state index in [0.717, 1.165) is 12.0 Å². The van der Waals surface area contributed by atoms with Crippen molar-refractivity contribution in [1.82, 2.24) is 4.90 Å². The average Bonchev–Trinajstić information content (AvgIpc) is 2.37. The maximum Gasteiger partial charge on any atom is 0.254 e. The molecule has 0 N–H and O–H groups in total. The van der Waals surface area contributed by atoms with Crippen LogP contribution in [0.3, 0.4) is 0 Å². The zero-order valence-corrected chi connectivity index (χ0v) is 11.3. The first-order valence-corrected chi connectivity index (χ1v) is 6.63. The number of benzene rings is 1. The number of carbonyl (C=O) groups is 1. The van der Waals surface area contributed by atoms with E-state index in [1.807, 2.05) is 43.0 Å². The van der Waals surface area contributed by atoms with Crippen LogP contribution >= 0.6 is 0 Å². The molecule has 2 atom stereocenters. The number of carbonyl (C=O) groups excluding carboxylic acids is 1. The molecule has 1 aliphatic heterocycles. The van der Waals surface area contributed by atoms with Gasteiger partial charge < -0.3 is 9.64 Å². The molecule has 0 bridgehead atoms. The van der Waals surface area contributed by atoms with E-state index in [1.165, 1.54) is 5.56 Å². The Morgan fingerprint density at radius 3 is 2.28 bits per heavy atom. The second-order valence-electron chi connectivity index (χ2n) is 5.02. The fourth-order valence-corrected chi connectivity index (χ4v) is 2.41. The van der Waals surface area contributed by atoms with Gasteiger partial charge in [-0.2, -0.15) is 0 Å². The molecule has 0 aromatic heterocycles. The van der Waals surface area contributed by atoms with Gasteiger partial charge in [0.25, 0.3) is 5.91 Å². The molecule has 3 heteroatoms. The fraction of sp³-hybridized carbons (Fsp3) is 0.533. The van der Waals surface area contributed by atoms with Crippen molar-refractivity contribution in [2.45, 2.75) is 39.4 Å². The van der Waals surface area contributed by atoms with Crippen LogP contribution in [0, 0.1) is 0 Å². The van der Waals surface area contributed by atoms with Crippen LogP contribution < -0.4 is 0 Å². The first-order chi connectivity index (χ1) is 8.60. The predicted octanol–water partition coefficient (Wildman–Crippen LogP) is 2.50. The highest BCUT2D eigenvalue weighted by Gasteiger charge is 2.26. The Bertz CT molecular complexity index is 403. The number of morpholine rings is 1. The Morgan fingerprint density at radius 2 is 1.78 bits per heavy atom. The van der Waals surface area contributed by atoms with E-state index in [-0.39, 0.29) is 18.1 Å². The Morgan fingerprint density at radius 1 is 1.22 bits per heavy atom. The Labute approximate surface area is 109 Å². The Balaban J connectivity index is 2.09. The van der Waals surface area contributed by atoms with Crippen molar-refractivity contribution < 1.29 is 9.53 Å². The van der Waals surface area contributed by atoms with Crippen LogP contribution in [-0.4, -0.2) is 36.1 Å². The third kappa shape index (κ3) is 2.91. The van der Waals surface area contributed by atoms with Crippen molar-refractivity contribution >= 4 is 5.91 Å². The Hall–Kier alpha value is -1.35. The maximum absolute atomic E-state index is 12.4. The van der Waals surface area contributed by atoms with E-state index >= 15 is 0 Å². The van der Waals surface area contributed by atoms with Crippen molar-refractivity contribution in [2.24, 2.45) is 0 Å². The summed E-state index contributed by atoms with van der Waals surface area (Å²) >= 11 is 0. The second kappa shape index (κ2) is 5.53. The molecule has 0 aliphatic carbocycles. The summed E-state index contributed by atoms with van der Waals surface area (Å²) < 4.78 is 5.65. The number of hydrogen-bond donors (Lipinski definition) is 0. The van der Waals surface area contributed by atoms with E-state index in [9.17, 15) is 4.79 Å². The lowest BCUT2D eigenvalue weighted by Crippen LogP contribution is -2.48. The molecular formula is C15H21NO2. The minimum atomic E-state index is 0.111. The minimum Gasteiger partial charge on any atom is -0.372 e. The number of aryl methyl sites for hydroxylation is 1. The van der Waals surface area contributed by atoms with Gasteiger partial charge in [-0.15, -0.1) is 0 Å². The van der Waals surface area contributed by atoms with E-state index in [0.29, 0.717) is 13.1 Å². The highest BCUT2D eigenvalue weighted by Crippen LogP contribution is 2.15. The highest BCUT2D eigenvalue weighted by molar-refractivity contribution is 5.94. The summed E-state index contributed by atoms with van der Waals surface area (Å²) in [6, 6.07) is 7.90. The van der Waals surface area contributed by atoms with Gasteiger partial charge >= 0.3 is 0 Å². The minimum absolute atomic E-state index is 0.111. The van der Waals surface area contributed by atoms with E-state index in [4.69, 9.17) is 4.74 Å². The molecule has 2 rings (SSSR count).